The minimum atomic E-state index is -0.669. The molecule has 1 N–H and O–H groups in total. The molecule has 1 aromatic carbocycles. The lowest BCUT2D eigenvalue weighted by molar-refractivity contribution is -0.146. The van der Waals surface area contributed by atoms with Gasteiger partial charge in [0.1, 0.15) is 0 Å². The molecule has 3 rings (SSSR count). The van der Waals surface area contributed by atoms with E-state index in [0.717, 1.165) is 37.4 Å². The Hall–Kier alpha value is -1.35. The monoisotopic (exact) mass is 273 g/mol. The SMILES string of the molecule is O=C(O)C1(c2ccccc2)CCN(CC2CCC2)CC1. The van der Waals surface area contributed by atoms with Crippen molar-refractivity contribution < 1.29 is 9.90 Å². The molecule has 20 heavy (non-hydrogen) atoms. The summed E-state index contributed by atoms with van der Waals surface area (Å²) in [5.74, 6) is 0.205. The summed E-state index contributed by atoms with van der Waals surface area (Å²) in [5.41, 5.74) is 0.299. The first-order valence-corrected chi connectivity index (χ1v) is 7.72. The predicted molar refractivity (Wildman–Crippen MR) is 78.8 cm³/mol. The lowest BCUT2D eigenvalue weighted by Gasteiger charge is -2.41. The van der Waals surface area contributed by atoms with Crippen LogP contribution in [0.25, 0.3) is 0 Å². The number of piperidine rings is 1. The smallest absolute Gasteiger partial charge is 0.314 e. The maximum absolute atomic E-state index is 11.9. The van der Waals surface area contributed by atoms with E-state index in [4.69, 9.17) is 0 Å². The zero-order valence-corrected chi connectivity index (χ0v) is 11.9. The predicted octanol–water partition coefficient (Wildman–Crippen LogP) is 2.90. The number of carbonyl (C=O) groups is 1. The highest BCUT2D eigenvalue weighted by molar-refractivity contribution is 5.81. The molecule has 108 valence electrons. The van der Waals surface area contributed by atoms with Crippen LogP contribution in [0.2, 0.25) is 0 Å². The fourth-order valence-electron chi connectivity index (χ4n) is 3.54. The van der Waals surface area contributed by atoms with Crippen LogP contribution in [-0.4, -0.2) is 35.6 Å². The van der Waals surface area contributed by atoms with Gasteiger partial charge >= 0.3 is 5.97 Å². The number of rotatable bonds is 4. The molecule has 0 radical (unpaired) electrons. The number of hydrogen-bond acceptors (Lipinski definition) is 2. The average molecular weight is 273 g/mol. The fraction of sp³-hybridized carbons (Fsp3) is 0.588. The maximum atomic E-state index is 11.9. The van der Waals surface area contributed by atoms with Crippen LogP contribution in [0, 0.1) is 5.92 Å². The number of benzene rings is 1. The molecular formula is C17H23NO2. The van der Waals surface area contributed by atoms with Crippen LogP contribution in [-0.2, 0) is 10.2 Å². The summed E-state index contributed by atoms with van der Waals surface area (Å²) in [4.78, 5) is 14.3. The van der Waals surface area contributed by atoms with Crippen molar-refractivity contribution in [3.63, 3.8) is 0 Å². The van der Waals surface area contributed by atoms with Crippen molar-refractivity contribution in [3.8, 4) is 0 Å². The third kappa shape index (κ3) is 2.47. The van der Waals surface area contributed by atoms with Crippen LogP contribution in [0.5, 0.6) is 0 Å². The first kappa shape index (κ1) is 13.6. The molecule has 0 bridgehead atoms. The van der Waals surface area contributed by atoms with Gasteiger partial charge in [0.05, 0.1) is 5.41 Å². The summed E-state index contributed by atoms with van der Waals surface area (Å²) in [7, 11) is 0. The highest BCUT2D eigenvalue weighted by Crippen LogP contribution is 2.37. The van der Waals surface area contributed by atoms with Crippen LogP contribution in [0.15, 0.2) is 30.3 Å². The molecule has 1 aliphatic heterocycles. The van der Waals surface area contributed by atoms with Gasteiger partial charge in [-0.2, -0.15) is 0 Å². The minimum absolute atomic E-state index is 0.660. The van der Waals surface area contributed by atoms with Gasteiger partial charge in [-0.25, -0.2) is 0 Å². The Kier molecular flexibility index (Phi) is 3.79. The second-order valence-corrected chi connectivity index (χ2v) is 6.35. The van der Waals surface area contributed by atoms with E-state index in [0.29, 0.717) is 0 Å². The van der Waals surface area contributed by atoms with Gasteiger partial charge in [-0.15, -0.1) is 0 Å². The Labute approximate surface area is 120 Å². The van der Waals surface area contributed by atoms with Gasteiger partial charge < -0.3 is 10.0 Å². The number of likely N-dealkylation sites (tertiary alicyclic amines) is 1. The topological polar surface area (TPSA) is 40.5 Å². The number of hydrogen-bond donors (Lipinski definition) is 1. The molecule has 0 spiro atoms. The number of carboxylic acids is 1. The molecule has 0 atom stereocenters. The zero-order chi connectivity index (χ0) is 14.0. The number of aliphatic carboxylic acids is 1. The van der Waals surface area contributed by atoms with Gasteiger partial charge in [0.25, 0.3) is 0 Å². The van der Waals surface area contributed by atoms with Gasteiger partial charge in [-0.3, -0.25) is 4.79 Å². The van der Waals surface area contributed by atoms with Crippen LogP contribution >= 0.6 is 0 Å². The van der Waals surface area contributed by atoms with Crippen molar-refractivity contribution >= 4 is 5.97 Å². The molecule has 1 saturated carbocycles. The summed E-state index contributed by atoms with van der Waals surface area (Å²) in [5, 5.41) is 9.75. The summed E-state index contributed by atoms with van der Waals surface area (Å²) in [6, 6.07) is 9.78. The zero-order valence-electron chi connectivity index (χ0n) is 11.9. The van der Waals surface area contributed by atoms with Crippen molar-refractivity contribution in [3.05, 3.63) is 35.9 Å². The maximum Gasteiger partial charge on any atom is 0.314 e. The Morgan fingerprint density at radius 1 is 1.20 bits per heavy atom. The Morgan fingerprint density at radius 2 is 1.85 bits per heavy atom. The third-order valence-electron chi connectivity index (χ3n) is 5.19. The highest BCUT2D eigenvalue weighted by atomic mass is 16.4. The van der Waals surface area contributed by atoms with E-state index in [1.165, 1.54) is 25.8 Å². The lowest BCUT2D eigenvalue weighted by Crippen LogP contribution is -2.48. The number of nitrogens with zero attached hydrogens (tertiary/aromatic N) is 1. The molecule has 2 fully saturated rings. The van der Waals surface area contributed by atoms with E-state index >= 15 is 0 Å². The fourth-order valence-corrected chi connectivity index (χ4v) is 3.54. The molecule has 1 aromatic rings. The van der Waals surface area contributed by atoms with Crippen molar-refractivity contribution in [2.24, 2.45) is 5.92 Å². The molecule has 0 amide bonds. The number of carboxylic acid groups (broad SMARTS) is 1. The van der Waals surface area contributed by atoms with Gasteiger partial charge in [0, 0.05) is 6.54 Å². The second kappa shape index (κ2) is 5.57. The summed E-state index contributed by atoms with van der Waals surface area (Å²) >= 11 is 0. The molecule has 2 aliphatic rings. The molecule has 1 aliphatic carbocycles. The van der Waals surface area contributed by atoms with E-state index in [1.807, 2.05) is 30.3 Å². The first-order chi connectivity index (χ1) is 9.71. The molecule has 0 unspecified atom stereocenters. The highest BCUT2D eigenvalue weighted by Gasteiger charge is 2.43. The van der Waals surface area contributed by atoms with Gasteiger partial charge in [0.15, 0.2) is 0 Å². The molecule has 1 heterocycles. The summed E-state index contributed by atoms with van der Waals surface area (Å²) in [6.07, 6.45) is 5.57. The van der Waals surface area contributed by atoms with E-state index in [2.05, 4.69) is 4.90 Å². The van der Waals surface area contributed by atoms with E-state index in [1.54, 1.807) is 0 Å². The average Bonchev–Trinajstić information content (AvgIpc) is 2.44. The first-order valence-electron chi connectivity index (χ1n) is 7.72. The van der Waals surface area contributed by atoms with Crippen molar-refractivity contribution in [2.45, 2.75) is 37.5 Å². The van der Waals surface area contributed by atoms with Gasteiger partial charge in [-0.05, 0) is 50.3 Å². The van der Waals surface area contributed by atoms with Gasteiger partial charge in [-0.1, -0.05) is 36.8 Å². The van der Waals surface area contributed by atoms with Crippen LogP contribution in [0.1, 0.15) is 37.7 Å². The Balaban J connectivity index is 1.70. The third-order valence-corrected chi connectivity index (χ3v) is 5.19. The normalized spacial score (nSPS) is 23.2. The quantitative estimate of drug-likeness (QED) is 0.917. The summed E-state index contributed by atoms with van der Waals surface area (Å²) < 4.78 is 0. The molecule has 3 heteroatoms. The van der Waals surface area contributed by atoms with Crippen LogP contribution < -0.4 is 0 Å². The van der Waals surface area contributed by atoms with E-state index < -0.39 is 11.4 Å². The van der Waals surface area contributed by atoms with E-state index in [-0.39, 0.29) is 0 Å². The second-order valence-electron chi connectivity index (χ2n) is 6.35. The van der Waals surface area contributed by atoms with Crippen molar-refractivity contribution in [2.75, 3.05) is 19.6 Å². The largest absolute Gasteiger partial charge is 0.481 e. The van der Waals surface area contributed by atoms with Crippen LogP contribution in [0.4, 0.5) is 0 Å². The lowest BCUT2D eigenvalue weighted by atomic mass is 9.72. The van der Waals surface area contributed by atoms with E-state index in [9.17, 15) is 9.90 Å². The minimum Gasteiger partial charge on any atom is -0.481 e. The van der Waals surface area contributed by atoms with Crippen molar-refractivity contribution in [1.29, 1.82) is 0 Å². The Morgan fingerprint density at radius 3 is 2.35 bits per heavy atom. The van der Waals surface area contributed by atoms with Crippen LogP contribution in [0.3, 0.4) is 0 Å². The molecule has 1 saturated heterocycles. The molecule has 3 nitrogen and oxygen atoms in total. The van der Waals surface area contributed by atoms with Crippen molar-refractivity contribution in [1.82, 2.24) is 4.90 Å². The van der Waals surface area contributed by atoms with Gasteiger partial charge in [0.2, 0.25) is 0 Å². The summed E-state index contributed by atoms with van der Waals surface area (Å²) in [6.45, 7) is 3.00. The standard InChI is InChI=1S/C17H23NO2/c19-16(20)17(15-7-2-1-3-8-15)9-11-18(12-10-17)13-14-5-4-6-14/h1-3,7-8,14H,4-6,9-13H2,(H,19,20). The molecular weight excluding hydrogens is 250 g/mol. The Bertz CT molecular complexity index is 459. The molecule has 0 aromatic heterocycles.